The van der Waals surface area contributed by atoms with Crippen molar-refractivity contribution in [2.75, 3.05) is 37.2 Å². The van der Waals surface area contributed by atoms with Gasteiger partial charge in [0.2, 0.25) is 10.0 Å². The SMILES string of the molecule is Cl.Nc1ncc(-c2ccccc2S(=O)(=O)NCCN2CCCC2)nc1C(=O)Nc1cccnc1. The summed E-state index contributed by atoms with van der Waals surface area (Å²) in [4.78, 5) is 27.4. The molecule has 34 heavy (non-hydrogen) atoms. The highest BCUT2D eigenvalue weighted by Crippen LogP contribution is 2.26. The van der Waals surface area contributed by atoms with E-state index >= 15 is 0 Å². The predicted octanol–water partition coefficient (Wildman–Crippen LogP) is 2.17. The molecule has 0 aliphatic carbocycles. The van der Waals surface area contributed by atoms with Crippen molar-refractivity contribution in [2.24, 2.45) is 0 Å². The Morgan fingerprint density at radius 1 is 1.09 bits per heavy atom. The van der Waals surface area contributed by atoms with E-state index in [1.165, 1.54) is 18.5 Å². The van der Waals surface area contributed by atoms with Crippen LogP contribution in [-0.2, 0) is 10.0 Å². The Hall–Kier alpha value is -3.12. The summed E-state index contributed by atoms with van der Waals surface area (Å²) in [7, 11) is -3.81. The monoisotopic (exact) mass is 503 g/mol. The van der Waals surface area contributed by atoms with E-state index in [2.05, 4.69) is 29.9 Å². The Labute approximate surface area is 204 Å². The van der Waals surface area contributed by atoms with Gasteiger partial charge in [-0.2, -0.15) is 0 Å². The zero-order chi connectivity index (χ0) is 23.3. The lowest BCUT2D eigenvalue weighted by atomic mass is 10.1. The molecular formula is C22H26ClN7O3S. The van der Waals surface area contributed by atoms with E-state index in [0.717, 1.165) is 25.9 Å². The summed E-state index contributed by atoms with van der Waals surface area (Å²) < 4.78 is 28.7. The molecule has 3 heterocycles. The van der Waals surface area contributed by atoms with Crippen molar-refractivity contribution >= 4 is 39.8 Å². The molecule has 4 N–H and O–H groups in total. The maximum Gasteiger partial charge on any atom is 0.278 e. The van der Waals surface area contributed by atoms with Crippen molar-refractivity contribution in [3.63, 3.8) is 0 Å². The summed E-state index contributed by atoms with van der Waals surface area (Å²) >= 11 is 0. The third-order valence-corrected chi connectivity index (χ3v) is 6.83. The van der Waals surface area contributed by atoms with Crippen molar-refractivity contribution < 1.29 is 13.2 Å². The number of benzene rings is 1. The smallest absolute Gasteiger partial charge is 0.278 e. The van der Waals surface area contributed by atoms with Crippen LogP contribution in [0.1, 0.15) is 23.3 Å². The maximum absolute atomic E-state index is 13.0. The number of nitrogens with two attached hydrogens (primary N) is 1. The zero-order valence-corrected chi connectivity index (χ0v) is 20.0. The van der Waals surface area contributed by atoms with E-state index in [0.29, 0.717) is 24.3 Å². The highest BCUT2D eigenvalue weighted by Gasteiger charge is 2.22. The van der Waals surface area contributed by atoms with Crippen LogP contribution >= 0.6 is 12.4 Å². The van der Waals surface area contributed by atoms with Crippen molar-refractivity contribution in [1.29, 1.82) is 0 Å². The average molecular weight is 504 g/mol. The van der Waals surface area contributed by atoms with Gasteiger partial charge in [0.1, 0.15) is 0 Å². The number of nitrogen functional groups attached to an aromatic ring is 1. The van der Waals surface area contributed by atoms with Crippen LogP contribution in [0.2, 0.25) is 0 Å². The lowest BCUT2D eigenvalue weighted by molar-refractivity contribution is 0.102. The Balaban J connectivity index is 0.00000324. The Morgan fingerprint density at radius 2 is 1.85 bits per heavy atom. The summed E-state index contributed by atoms with van der Waals surface area (Å²) in [6.07, 6.45) is 6.71. The van der Waals surface area contributed by atoms with E-state index in [4.69, 9.17) is 5.73 Å². The fourth-order valence-electron chi connectivity index (χ4n) is 3.66. The highest BCUT2D eigenvalue weighted by atomic mass is 35.5. The molecule has 180 valence electrons. The zero-order valence-electron chi connectivity index (χ0n) is 18.3. The molecule has 1 amide bonds. The van der Waals surface area contributed by atoms with Crippen LogP contribution < -0.4 is 15.8 Å². The molecule has 0 radical (unpaired) electrons. The average Bonchev–Trinajstić information content (AvgIpc) is 3.33. The molecule has 1 aliphatic heterocycles. The maximum atomic E-state index is 13.0. The number of aromatic nitrogens is 3. The Morgan fingerprint density at radius 3 is 2.59 bits per heavy atom. The van der Waals surface area contributed by atoms with Crippen LogP contribution in [0.3, 0.4) is 0 Å². The van der Waals surface area contributed by atoms with Gasteiger partial charge in [-0.25, -0.2) is 23.1 Å². The predicted molar refractivity (Wildman–Crippen MR) is 132 cm³/mol. The number of amides is 1. The molecule has 1 fully saturated rings. The van der Waals surface area contributed by atoms with Crippen LogP contribution in [-0.4, -0.2) is 60.4 Å². The van der Waals surface area contributed by atoms with E-state index in [1.54, 1.807) is 36.5 Å². The van der Waals surface area contributed by atoms with Crippen LogP contribution in [0.15, 0.2) is 59.9 Å². The van der Waals surface area contributed by atoms with Crippen LogP contribution in [0, 0.1) is 0 Å². The summed E-state index contributed by atoms with van der Waals surface area (Å²) in [6, 6.07) is 9.82. The molecule has 0 atom stereocenters. The molecule has 4 rings (SSSR count). The summed E-state index contributed by atoms with van der Waals surface area (Å²) in [5, 5.41) is 2.66. The lowest BCUT2D eigenvalue weighted by Crippen LogP contribution is -2.33. The molecule has 0 spiro atoms. The number of nitrogens with one attached hydrogen (secondary N) is 2. The number of carbonyl (C=O) groups excluding carboxylic acids is 1. The number of nitrogens with zero attached hydrogens (tertiary/aromatic N) is 4. The number of hydrogen-bond acceptors (Lipinski definition) is 8. The minimum absolute atomic E-state index is 0. The molecule has 0 bridgehead atoms. The quantitative estimate of drug-likeness (QED) is 0.424. The van der Waals surface area contributed by atoms with Gasteiger partial charge in [-0.1, -0.05) is 18.2 Å². The van der Waals surface area contributed by atoms with Gasteiger partial charge in [-0.3, -0.25) is 9.78 Å². The van der Waals surface area contributed by atoms with Crippen molar-refractivity contribution in [3.05, 3.63) is 60.7 Å². The van der Waals surface area contributed by atoms with Crippen molar-refractivity contribution in [1.82, 2.24) is 24.6 Å². The number of carbonyl (C=O) groups is 1. The van der Waals surface area contributed by atoms with Crippen molar-refractivity contribution in [2.45, 2.75) is 17.7 Å². The largest absolute Gasteiger partial charge is 0.382 e. The molecule has 1 aliphatic rings. The fourth-order valence-corrected chi connectivity index (χ4v) is 4.89. The molecule has 0 unspecified atom stereocenters. The van der Waals surface area contributed by atoms with Gasteiger partial charge in [0.15, 0.2) is 11.5 Å². The fraction of sp³-hybridized carbons (Fsp3) is 0.273. The van der Waals surface area contributed by atoms with Gasteiger partial charge in [-0.05, 0) is 44.1 Å². The first-order valence-electron chi connectivity index (χ1n) is 10.6. The second-order valence-electron chi connectivity index (χ2n) is 7.63. The highest BCUT2D eigenvalue weighted by molar-refractivity contribution is 7.89. The molecule has 3 aromatic rings. The number of anilines is 2. The van der Waals surface area contributed by atoms with E-state index in [1.807, 2.05) is 0 Å². The first-order chi connectivity index (χ1) is 15.9. The Bertz CT molecular complexity index is 1240. The van der Waals surface area contributed by atoms with Gasteiger partial charge >= 0.3 is 0 Å². The summed E-state index contributed by atoms with van der Waals surface area (Å²) in [5.41, 5.74) is 6.80. The Kier molecular flexibility index (Phi) is 8.51. The first kappa shape index (κ1) is 25.5. The summed E-state index contributed by atoms with van der Waals surface area (Å²) in [6.45, 7) is 2.94. The van der Waals surface area contributed by atoms with Crippen molar-refractivity contribution in [3.8, 4) is 11.3 Å². The van der Waals surface area contributed by atoms with E-state index < -0.39 is 15.9 Å². The minimum atomic E-state index is -3.81. The van der Waals surface area contributed by atoms with Gasteiger partial charge in [0.05, 0.1) is 28.7 Å². The third-order valence-electron chi connectivity index (χ3n) is 5.31. The molecule has 0 saturated carbocycles. The summed E-state index contributed by atoms with van der Waals surface area (Å²) in [5.74, 6) is -0.636. The first-order valence-corrected chi connectivity index (χ1v) is 12.1. The molecule has 1 saturated heterocycles. The number of rotatable bonds is 8. The van der Waals surface area contributed by atoms with E-state index in [9.17, 15) is 13.2 Å². The second kappa shape index (κ2) is 11.3. The van der Waals surface area contributed by atoms with E-state index in [-0.39, 0.29) is 34.5 Å². The van der Waals surface area contributed by atoms with Gasteiger partial charge in [-0.15, -0.1) is 12.4 Å². The van der Waals surface area contributed by atoms with Gasteiger partial charge in [0, 0.05) is 24.8 Å². The standard InChI is InChI=1S/C22H25N7O3S.ClH/c23-21-20(22(30)27-16-6-5-9-24-14-16)28-18(15-25-21)17-7-1-2-8-19(17)33(31,32)26-10-13-29-11-3-4-12-29;/h1-2,5-9,14-15,26H,3-4,10-13H2,(H2,23,25)(H,27,30);1H. The molecule has 12 heteroatoms. The topological polar surface area (TPSA) is 143 Å². The van der Waals surface area contributed by atoms with Crippen LogP contribution in [0.25, 0.3) is 11.3 Å². The molecule has 1 aromatic carbocycles. The van der Waals surface area contributed by atoms with Crippen LogP contribution in [0.4, 0.5) is 11.5 Å². The van der Waals surface area contributed by atoms with Gasteiger partial charge < -0.3 is 16.0 Å². The number of sulfonamides is 1. The number of pyridine rings is 1. The van der Waals surface area contributed by atoms with Gasteiger partial charge in [0.25, 0.3) is 5.91 Å². The number of likely N-dealkylation sites (tertiary alicyclic amines) is 1. The number of hydrogen-bond donors (Lipinski definition) is 3. The molecule has 10 nitrogen and oxygen atoms in total. The second-order valence-corrected chi connectivity index (χ2v) is 9.36. The molecular weight excluding hydrogens is 478 g/mol. The molecule has 2 aromatic heterocycles. The normalized spacial score (nSPS) is 13.9. The third kappa shape index (κ3) is 6.06. The number of halogens is 1. The minimum Gasteiger partial charge on any atom is -0.382 e. The lowest BCUT2D eigenvalue weighted by Gasteiger charge is -2.16. The van der Waals surface area contributed by atoms with Crippen LogP contribution in [0.5, 0.6) is 0 Å².